The Bertz CT molecular complexity index is 1610. The van der Waals surface area contributed by atoms with E-state index in [1.54, 1.807) is 30.4 Å². The molecule has 3 fully saturated rings. The molecule has 256 valence electrons. The highest BCUT2D eigenvalue weighted by Crippen LogP contribution is 2.41. The zero-order chi connectivity index (χ0) is 33.8. The van der Waals surface area contributed by atoms with Crippen LogP contribution in [0.4, 0.5) is 33.1 Å². The van der Waals surface area contributed by atoms with Crippen molar-refractivity contribution in [1.29, 1.82) is 0 Å². The molecular formula is C35H44ClFN8O3. The van der Waals surface area contributed by atoms with Crippen LogP contribution >= 0.6 is 11.6 Å². The Hall–Kier alpha value is -3.97. The van der Waals surface area contributed by atoms with Gasteiger partial charge in [0.15, 0.2) is 5.82 Å². The van der Waals surface area contributed by atoms with Crippen LogP contribution in [0.1, 0.15) is 43.7 Å². The molecule has 3 saturated heterocycles. The summed E-state index contributed by atoms with van der Waals surface area (Å²) in [7, 11) is 5.96. The minimum atomic E-state index is -0.400. The molecule has 6 rings (SSSR count). The van der Waals surface area contributed by atoms with E-state index in [0.717, 1.165) is 44.7 Å². The fourth-order valence-corrected chi connectivity index (χ4v) is 7.20. The minimum Gasteiger partial charge on any atom is -0.494 e. The molecule has 1 aromatic heterocycles. The number of piperidine rings is 2. The summed E-state index contributed by atoms with van der Waals surface area (Å²) in [6.07, 6.45) is 7.77. The van der Waals surface area contributed by atoms with Crippen molar-refractivity contribution in [3.8, 4) is 5.75 Å². The Morgan fingerprint density at radius 3 is 2.52 bits per heavy atom. The highest BCUT2D eigenvalue weighted by molar-refractivity contribution is 6.30. The van der Waals surface area contributed by atoms with Gasteiger partial charge in [-0.15, -0.1) is 0 Å². The van der Waals surface area contributed by atoms with Crippen LogP contribution in [-0.4, -0.2) is 91.7 Å². The lowest BCUT2D eigenvalue weighted by Crippen LogP contribution is -2.50. The molecule has 48 heavy (non-hydrogen) atoms. The summed E-state index contributed by atoms with van der Waals surface area (Å²) in [5, 5.41) is 8.26. The number of carbonyl (C=O) groups is 1. The summed E-state index contributed by atoms with van der Waals surface area (Å²) >= 11 is 5.99. The molecule has 0 aliphatic carbocycles. The molecule has 0 saturated carbocycles. The van der Waals surface area contributed by atoms with Gasteiger partial charge in [0.1, 0.15) is 23.7 Å². The molecule has 1 atom stereocenters. The molecule has 2 N–H and O–H groups in total. The maximum atomic E-state index is 14.8. The zero-order valence-corrected chi connectivity index (χ0v) is 28.5. The van der Waals surface area contributed by atoms with E-state index in [1.165, 1.54) is 31.3 Å². The quantitative estimate of drug-likeness (QED) is 0.248. The smallest absolute Gasteiger partial charge is 0.247 e. The van der Waals surface area contributed by atoms with Crippen LogP contribution in [0, 0.1) is 5.82 Å². The van der Waals surface area contributed by atoms with E-state index in [4.69, 9.17) is 21.2 Å². The lowest BCUT2D eigenvalue weighted by molar-refractivity contribution is -0.111. The molecule has 3 aliphatic heterocycles. The Morgan fingerprint density at radius 1 is 1.06 bits per heavy atom. The maximum absolute atomic E-state index is 14.8. The first-order chi connectivity index (χ1) is 23.2. The molecule has 0 bridgehead atoms. The summed E-state index contributed by atoms with van der Waals surface area (Å²) < 4.78 is 20.7. The van der Waals surface area contributed by atoms with Crippen LogP contribution in [0.3, 0.4) is 0 Å². The monoisotopic (exact) mass is 678 g/mol. The van der Waals surface area contributed by atoms with Crippen LogP contribution in [-0.2, 0) is 9.63 Å². The van der Waals surface area contributed by atoms with Crippen molar-refractivity contribution < 1.29 is 18.8 Å². The summed E-state index contributed by atoms with van der Waals surface area (Å²) in [5.41, 5.74) is 2.61. The van der Waals surface area contributed by atoms with Crippen molar-refractivity contribution in [3.63, 3.8) is 0 Å². The summed E-state index contributed by atoms with van der Waals surface area (Å²) in [4.78, 5) is 34.6. The van der Waals surface area contributed by atoms with Gasteiger partial charge >= 0.3 is 0 Å². The number of hydrogen-bond acceptors (Lipinski definition) is 10. The standard InChI is InChI=1S/C35H44ClFN8O3/c1-5-35(46)41-28-19-29(32(47-4)20-31(28)44-15-10-25(11-16-44)43-13-8-24(9-14-43)42(2)3)40-33-21-34(39-22-38-33)45-30(12-17-48-45)26-7-6-23(36)18-27(26)37/h5-7,18-22,24-25,30H,1,8-17H2,2-4H3,(H,41,46)(H,38,39,40)/t30-/m1/s1. The number of carbonyl (C=O) groups excluding carboxylic acids is 1. The number of aromatic nitrogens is 2. The Labute approximate surface area is 286 Å². The Morgan fingerprint density at radius 2 is 1.83 bits per heavy atom. The van der Waals surface area contributed by atoms with Crippen molar-refractivity contribution in [3.05, 3.63) is 71.8 Å². The van der Waals surface area contributed by atoms with Crippen molar-refractivity contribution in [2.75, 3.05) is 74.6 Å². The molecule has 0 unspecified atom stereocenters. The molecular weight excluding hydrogens is 635 g/mol. The molecule has 3 aliphatic rings. The fraction of sp³-hybridized carbons (Fsp3) is 0.457. The van der Waals surface area contributed by atoms with Gasteiger partial charge in [0, 0.05) is 54.3 Å². The van der Waals surface area contributed by atoms with E-state index in [9.17, 15) is 9.18 Å². The zero-order valence-electron chi connectivity index (χ0n) is 27.8. The van der Waals surface area contributed by atoms with Crippen LogP contribution in [0.25, 0.3) is 0 Å². The third-order valence-electron chi connectivity index (χ3n) is 9.68. The van der Waals surface area contributed by atoms with Gasteiger partial charge < -0.3 is 30.1 Å². The van der Waals surface area contributed by atoms with Gasteiger partial charge in [-0.2, -0.15) is 0 Å². The molecule has 3 aromatic rings. The van der Waals surface area contributed by atoms with Crippen molar-refractivity contribution >= 4 is 46.2 Å². The molecule has 13 heteroatoms. The number of nitrogens with zero attached hydrogens (tertiary/aromatic N) is 6. The summed E-state index contributed by atoms with van der Waals surface area (Å²) in [6, 6.07) is 11.0. The number of rotatable bonds is 10. The average Bonchev–Trinajstić information content (AvgIpc) is 3.58. The van der Waals surface area contributed by atoms with Gasteiger partial charge in [0.05, 0.1) is 36.8 Å². The van der Waals surface area contributed by atoms with Gasteiger partial charge in [-0.1, -0.05) is 24.2 Å². The first kappa shape index (κ1) is 33.9. The van der Waals surface area contributed by atoms with E-state index in [-0.39, 0.29) is 11.9 Å². The highest BCUT2D eigenvalue weighted by Gasteiger charge is 2.32. The number of hydroxylamine groups is 1. The van der Waals surface area contributed by atoms with E-state index >= 15 is 0 Å². The lowest BCUT2D eigenvalue weighted by Gasteiger charge is -2.43. The second-order valence-corrected chi connectivity index (χ2v) is 13.2. The molecule has 0 radical (unpaired) electrons. The number of anilines is 5. The number of amides is 1. The van der Waals surface area contributed by atoms with Crippen molar-refractivity contribution in [1.82, 2.24) is 19.8 Å². The number of likely N-dealkylation sites (tertiary alicyclic amines) is 1. The van der Waals surface area contributed by atoms with Gasteiger partial charge in [0.2, 0.25) is 5.91 Å². The molecule has 1 amide bonds. The largest absolute Gasteiger partial charge is 0.494 e. The Kier molecular flexibility index (Phi) is 10.6. The summed E-state index contributed by atoms with van der Waals surface area (Å²) in [6.45, 7) is 8.06. The van der Waals surface area contributed by atoms with Crippen LogP contribution in [0.5, 0.6) is 5.75 Å². The minimum absolute atomic E-state index is 0.304. The predicted molar refractivity (Wildman–Crippen MR) is 188 cm³/mol. The van der Waals surface area contributed by atoms with E-state index in [2.05, 4.69) is 56.0 Å². The van der Waals surface area contributed by atoms with Gasteiger partial charge in [-0.3, -0.25) is 9.63 Å². The second kappa shape index (κ2) is 15.1. The number of benzene rings is 2. The van der Waals surface area contributed by atoms with E-state index in [0.29, 0.717) is 64.5 Å². The number of ether oxygens (including phenoxy) is 1. The van der Waals surface area contributed by atoms with Gasteiger partial charge in [0.25, 0.3) is 0 Å². The predicted octanol–water partition coefficient (Wildman–Crippen LogP) is 6.02. The van der Waals surface area contributed by atoms with Gasteiger partial charge in [-0.05, 0) is 77.1 Å². The SMILES string of the molecule is C=CC(=O)Nc1cc(Nc2cc(N3OCC[C@@H]3c3ccc(Cl)cc3F)ncn2)c(OC)cc1N1CCC(N2CCC(N(C)C)CC2)CC1. The number of hydrogen-bond donors (Lipinski definition) is 2. The summed E-state index contributed by atoms with van der Waals surface area (Å²) in [5.74, 6) is 0.823. The normalized spacial score (nSPS) is 19.5. The van der Waals surface area contributed by atoms with Crippen molar-refractivity contribution in [2.45, 2.75) is 50.2 Å². The third kappa shape index (κ3) is 7.52. The topological polar surface area (TPSA) is 98.3 Å². The lowest BCUT2D eigenvalue weighted by atomic mass is 9.97. The number of methoxy groups -OCH3 is 1. The fourth-order valence-electron chi connectivity index (χ4n) is 7.04. The molecule has 11 nitrogen and oxygen atoms in total. The first-order valence-corrected chi connectivity index (χ1v) is 16.9. The second-order valence-electron chi connectivity index (χ2n) is 12.7. The molecule has 4 heterocycles. The Balaban J connectivity index is 1.20. The maximum Gasteiger partial charge on any atom is 0.247 e. The van der Waals surface area contributed by atoms with Crippen LogP contribution in [0.2, 0.25) is 5.02 Å². The number of halogens is 2. The van der Waals surface area contributed by atoms with E-state index in [1.807, 2.05) is 12.1 Å². The third-order valence-corrected chi connectivity index (χ3v) is 9.91. The van der Waals surface area contributed by atoms with Gasteiger partial charge in [-0.25, -0.2) is 19.4 Å². The molecule has 2 aromatic carbocycles. The average molecular weight is 679 g/mol. The highest BCUT2D eigenvalue weighted by atomic mass is 35.5. The van der Waals surface area contributed by atoms with Crippen molar-refractivity contribution in [2.24, 2.45) is 0 Å². The number of nitrogens with one attached hydrogen (secondary N) is 2. The molecule has 0 spiro atoms. The first-order valence-electron chi connectivity index (χ1n) is 16.5. The van der Waals surface area contributed by atoms with Crippen LogP contribution < -0.4 is 25.3 Å². The van der Waals surface area contributed by atoms with Crippen LogP contribution in [0.15, 0.2) is 55.4 Å². The van der Waals surface area contributed by atoms with E-state index < -0.39 is 5.82 Å².